The molecule has 2 aromatic rings. The summed E-state index contributed by atoms with van der Waals surface area (Å²) in [5.74, 6) is -0.523. The lowest BCUT2D eigenvalue weighted by molar-refractivity contribution is -0.0817. The molecule has 2 aliphatic heterocycles. The summed E-state index contributed by atoms with van der Waals surface area (Å²) < 4.78 is 0. The summed E-state index contributed by atoms with van der Waals surface area (Å²) >= 11 is 0. The van der Waals surface area contributed by atoms with Gasteiger partial charge in [-0.1, -0.05) is 12.1 Å². The van der Waals surface area contributed by atoms with Gasteiger partial charge in [0.2, 0.25) is 0 Å². The fourth-order valence-electron chi connectivity index (χ4n) is 4.20. The molecule has 2 fully saturated rings. The summed E-state index contributed by atoms with van der Waals surface area (Å²) in [4.78, 5) is 30.6. The predicted molar refractivity (Wildman–Crippen MR) is 112 cm³/mol. The van der Waals surface area contributed by atoms with Crippen LogP contribution in [-0.4, -0.2) is 58.6 Å². The maximum atomic E-state index is 12.9. The molecule has 3 heterocycles. The van der Waals surface area contributed by atoms with Crippen LogP contribution in [0.2, 0.25) is 0 Å². The number of pyridine rings is 1. The van der Waals surface area contributed by atoms with Gasteiger partial charge < -0.3 is 21.1 Å². The van der Waals surface area contributed by atoms with Gasteiger partial charge in [-0.2, -0.15) is 0 Å². The Balaban J connectivity index is 0.00000240. The molecule has 2 atom stereocenters. The summed E-state index contributed by atoms with van der Waals surface area (Å²) in [6.07, 6.45) is 2.95. The van der Waals surface area contributed by atoms with Gasteiger partial charge in [0, 0.05) is 42.9 Å². The topological polar surface area (TPSA) is 109 Å². The molecule has 154 valence electrons. The van der Waals surface area contributed by atoms with E-state index in [-0.39, 0.29) is 24.2 Å². The number of hydrogen-bond donors (Lipinski definition) is 3. The third-order valence-electron chi connectivity index (χ3n) is 5.91. The highest BCUT2D eigenvalue weighted by Crippen LogP contribution is 2.33. The Morgan fingerprint density at radius 1 is 1.21 bits per heavy atom. The molecular weight excluding hydrogens is 392 g/mol. The molecule has 0 bridgehead atoms. The zero-order valence-electron chi connectivity index (χ0n) is 16.0. The second kappa shape index (κ2) is 8.49. The van der Waals surface area contributed by atoms with Crippen LogP contribution in [0.25, 0.3) is 11.3 Å². The average molecular weight is 417 g/mol. The lowest BCUT2D eigenvalue weighted by Gasteiger charge is -2.47. The number of primary amides is 1. The molecule has 2 amide bonds. The van der Waals surface area contributed by atoms with Crippen molar-refractivity contribution >= 4 is 24.2 Å². The van der Waals surface area contributed by atoms with Crippen LogP contribution in [0.5, 0.6) is 0 Å². The molecule has 0 aliphatic carbocycles. The quantitative estimate of drug-likeness (QED) is 0.701. The maximum Gasteiger partial charge on any atom is 0.253 e. The SMILES string of the molecule is Cl.NC(=O)c1cccnc1-c1ccc(C(=O)N2CC[C@@]3(O)CCNC[C@H]3C2)cc1. The number of benzene rings is 1. The summed E-state index contributed by atoms with van der Waals surface area (Å²) in [6, 6.07) is 10.4. The van der Waals surface area contributed by atoms with E-state index >= 15 is 0 Å². The lowest BCUT2D eigenvalue weighted by Crippen LogP contribution is -2.59. The van der Waals surface area contributed by atoms with Crippen molar-refractivity contribution in [3.05, 3.63) is 53.7 Å². The van der Waals surface area contributed by atoms with Gasteiger partial charge in [-0.05, 0) is 43.7 Å². The fraction of sp³-hybridized carbons (Fsp3) is 0.381. The minimum atomic E-state index is -0.657. The molecule has 2 aliphatic rings. The van der Waals surface area contributed by atoms with Gasteiger partial charge in [0.25, 0.3) is 11.8 Å². The lowest BCUT2D eigenvalue weighted by atomic mass is 9.76. The number of carbonyl (C=O) groups is 2. The number of aliphatic hydroxyl groups is 1. The van der Waals surface area contributed by atoms with Crippen molar-refractivity contribution in [1.82, 2.24) is 15.2 Å². The van der Waals surface area contributed by atoms with Gasteiger partial charge in [-0.25, -0.2) is 0 Å². The highest BCUT2D eigenvalue weighted by molar-refractivity contribution is 5.99. The molecule has 4 rings (SSSR count). The molecular formula is C21H25ClN4O3. The fourth-order valence-corrected chi connectivity index (χ4v) is 4.20. The summed E-state index contributed by atoms with van der Waals surface area (Å²) in [5, 5.41) is 14.1. The van der Waals surface area contributed by atoms with E-state index < -0.39 is 11.5 Å². The van der Waals surface area contributed by atoms with E-state index in [1.807, 2.05) is 4.90 Å². The Morgan fingerprint density at radius 3 is 2.69 bits per heavy atom. The molecule has 0 spiro atoms. The molecule has 2 saturated heterocycles. The van der Waals surface area contributed by atoms with Gasteiger partial charge in [0.1, 0.15) is 0 Å². The van der Waals surface area contributed by atoms with Gasteiger partial charge in [-0.15, -0.1) is 12.4 Å². The van der Waals surface area contributed by atoms with Crippen molar-refractivity contribution in [3.8, 4) is 11.3 Å². The first-order chi connectivity index (χ1) is 13.5. The number of carbonyl (C=O) groups excluding carboxylic acids is 2. The van der Waals surface area contributed by atoms with Crippen molar-refractivity contribution in [2.45, 2.75) is 18.4 Å². The molecule has 1 aromatic carbocycles. The number of hydrogen-bond acceptors (Lipinski definition) is 5. The predicted octanol–water partition coefficient (Wildman–Crippen LogP) is 1.46. The van der Waals surface area contributed by atoms with Gasteiger partial charge >= 0.3 is 0 Å². The number of piperidine rings is 2. The summed E-state index contributed by atoms with van der Waals surface area (Å²) in [6.45, 7) is 2.66. The zero-order valence-corrected chi connectivity index (χ0v) is 16.8. The smallest absolute Gasteiger partial charge is 0.253 e. The molecule has 1 aromatic heterocycles. The Morgan fingerprint density at radius 2 is 1.97 bits per heavy atom. The van der Waals surface area contributed by atoms with Crippen LogP contribution in [0.4, 0.5) is 0 Å². The third kappa shape index (κ3) is 4.12. The zero-order chi connectivity index (χ0) is 19.7. The summed E-state index contributed by atoms with van der Waals surface area (Å²) in [7, 11) is 0. The number of likely N-dealkylation sites (tertiary alicyclic amines) is 1. The maximum absolute atomic E-state index is 12.9. The number of nitrogens with zero attached hydrogens (tertiary/aromatic N) is 2. The van der Waals surface area contributed by atoms with Crippen molar-refractivity contribution in [2.24, 2.45) is 11.7 Å². The number of nitrogens with two attached hydrogens (primary N) is 1. The molecule has 0 saturated carbocycles. The molecule has 29 heavy (non-hydrogen) atoms. The highest BCUT2D eigenvalue weighted by Gasteiger charge is 2.43. The normalized spacial score (nSPS) is 23.6. The number of amides is 2. The van der Waals surface area contributed by atoms with Crippen molar-refractivity contribution < 1.29 is 14.7 Å². The van der Waals surface area contributed by atoms with Crippen LogP contribution >= 0.6 is 12.4 Å². The van der Waals surface area contributed by atoms with Gasteiger partial charge in [0.15, 0.2) is 0 Å². The van der Waals surface area contributed by atoms with Crippen LogP contribution in [0, 0.1) is 5.92 Å². The van der Waals surface area contributed by atoms with Gasteiger partial charge in [-0.3, -0.25) is 14.6 Å². The Kier molecular flexibility index (Phi) is 6.21. The van der Waals surface area contributed by atoms with E-state index in [0.717, 1.165) is 25.1 Å². The Bertz CT molecular complexity index is 905. The second-order valence-electron chi connectivity index (χ2n) is 7.60. The third-order valence-corrected chi connectivity index (χ3v) is 5.91. The first kappa shape index (κ1) is 21.2. The van der Waals surface area contributed by atoms with E-state index in [9.17, 15) is 14.7 Å². The first-order valence-electron chi connectivity index (χ1n) is 9.55. The minimum absolute atomic E-state index is 0. The van der Waals surface area contributed by atoms with E-state index in [0.29, 0.717) is 36.3 Å². The van der Waals surface area contributed by atoms with Crippen molar-refractivity contribution in [1.29, 1.82) is 0 Å². The van der Waals surface area contributed by atoms with Crippen LogP contribution in [0.1, 0.15) is 33.6 Å². The van der Waals surface area contributed by atoms with Gasteiger partial charge in [0.05, 0.1) is 16.9 Å². The highest BCUT2D eigenvalue weighted by atomic mass is 35.5. The Hall–Kier alpha value is -2.48. The molecule has 7 nitrogen and oxygen atoms in total. The van der Waals surface area contributed by atoms with Crippen molar-refractivity contribution in [3.63, 3.8) is 0 Å². The number of rotatable bonds is 3. The second-order valence-corrected chi connectivity index (χ2v) is 7.60. The number of fused-ring (bicyclic) bond motifs is 1. The number of aromatic nitrogens is 1. The van der Waals surface area contributed by atoms with E-state index in [2.05, 4.69) is 10.3 Å². The molecule has 0 radical (unpaired) electrons. The summed E-state index contributed by atoms with van der Waals surface area (Å²) in [5.41, 5.74) is 6.93. The average Bonchev–Trinajstić information content (AvgIpc) is 2.72. The van der Waals surface area contributed by atoms with E-state index in [1.54, 1.807) is 42.6 Å². The standard InChI is InChI=1S/C21H24N4O3.ClH/c22-19(26)17-2-1-9-24-18(17)14-3-5-15(6-4-14)20(27)25-11-8-21(28)7-10-23-12-16(21)13-25;/h1-6,9,16,23,28H,7-8,10-13H2,(H2,22,26);1H/t16-,21-;/m0./s1. The first-order valence-corrected chi connectivity index (χ1v) is 9.55. The molecule has 4 N–H and O–H groups in total. The van der Waals surface area contributed by atoms with Crippen LogP contribution in [-0.2, 0) is 0 Å². The van der Waals surface area contributed by atoms with Crippen LogP contribution in [0.15, 0.2) is 42.6 Å². The largest absolute Gasteiger partial charge is 0.389 e. The Labute approximate surface area is 175 Å². The monoisotopic (exact) mass is 416 g/mol. The minimum Gasteiger partial charge on any atom is -0.389 e. The number of nitrogens with one attached hydrogen (secondary N) is 1. The molecule has 0 unspecified atom stereocenters. The van der Waals surface area contributed by atoms with E-state index in [1.165, 1.54) is 0 Å². The van der Waals surface area contributed by atoms with Crippen LogP contribution in [0.3, 0.4) is 0 Å². The van der Waals surface area contributed by atoms with Crippen LogP contribution < -0.4 is 11.1 Å². The number of halogens is 1. The van der Waals surface area contributed by atoms with Crippen molar-refractivity contribution in [2.75, 3.05) is 26.2 Å². The molecule has 8 heteroatoms. The van der Waals surface area contributed by atoms with E-state index in [4.69, 9.17) is 5.73 Å².